The lowest BCUT2D eigenvalue weighted by Crippen LogP contribution is -2.36. The van der Waals surface area contributed by atoms with Gasteiger partial charge >= 0.3 is 0 Å². The summed E-state index contributed by atoms with van der Waals surface area (Å²) in [5.74, 6) is 6.24. The first-order chi connectivity index (χ1) is 7.67. The highest BCUT2D eigenvalue weighted by atomic mass is 35.5. The summed E-state index contributed by atoms with van der Waals surface area (Å²) in [7, 11) is 0. The molecule has 90 valence electrons. The van der Waals surface area contributed by atoms with E-state index in [-0.39, 0.29) is 0 Å². The van der Waals surface area contributed by atoms with Gasteiger partial charge in [0.2, 0.25) is 0 Å². The largest absolute Gasteiger partial charge is 0.271 e. The van der Waals surface area contributed by atoms with Crippen LogP contribution in [0.1, 0.15) is 29.5 Å². The van der Waals surface area contributed by atoms with E-state index in [1.807, 2.05) is 0 Å². The van der Waals surface area contributed by atoms with Crippen molar-refractivity contribution in [1.82, 2.24) is 5.43 Å². The van der Waals surface area contributed by atoms with Crippen LogP contribution < -0.4 is 11.3 Å². The minimum absolute atomic E-state index is 0.320. The molecule has 0 saturated heterocycles. The molecule has 1 atom stereocenters. The van der Waals surface area contributed by atoms with Gasteiger partial charge in [0.15, 0.2) is 0 Å². The number of aryl methyl sites for hydroxylation is 2. The normalized spacial score (nSPS) is 12.8. The molecule has 0 aliphatic rings. The van der Waals surface area contributed by atoms with Crippen molar-refractivity contribution < 1.29 is 0 Å². The Kier molecular flexibility index (Phi) is 5.81. The number of alkyl halides is 1. The summed E-state index contributed by atoms with van der Waals surface area (Å²) < 4.78 is 0. The summed E-state index contributed by atoms with van der Waals surface area (Å²) in [5, 5.41) is 0. The molecule has 0 radical (unpaired) electrons. The average Bonchev–Trinajstić information content (AvgIpc) is 2.29. The van der Waals surface area contributed by atoms with Gasteiger partial charge in [-0.15, -0.1) is 11.6 Å². The first-order valence-corrected chi connectivity index (χ1v) is 6.29. The molecule has 1 aromatic rings. The topological polar surface area (TPSA) is 38.0 Å². The van der Waals surface area contributed by atoms with Gasteiger partial charge in [-0.3, -0.25) is 11.3 Å². The molecule has 1 rings (SSSR count). The molecule has 0 aromatic heterocycles. The molecule has 0 spiro atoms. The highest BCUT2D eigenvalue weighted by Crippen LogP contribution is 2.13. The van der Waals surface area contributed by atoms with Crippen molar-refractivity contribution in [3.8, 4) is 0 Å². The van der Waals surface area contributed by atoms with Gasteiger partial charge in [-0.25, -0.2) is 0 Å². The molecule has 2 nitrogen and oxygen atoms in total. The van der Waals surface area contributed by atoms with Gasteiger partial charge in [0.25, 0.3) is 0 Å². The Morgan fingerprint density at radius 1 is 1.31 bits per heavy atom. The lowest BCUT2D eigenvalue weighted by molar-refractivity contribution is 0.487. The molecular formula is C13H21ClN2. The molecule has 0 aliphatic heterocycles. The van der Waals surface area contributed by atoms with E-state index in [0.29, 0.717) is 11.9 Å². The van der Waals surface area contributed by atoms with Crippen molar-refractivity contribution in [2.75, 3.05) is 5.88 Å². The summed E-state index contributed by atoms with van der Waals surface area (Å²) in [6.45, 7) is 4.27. The molecular weight excluding hydrogens is 220 g/mol. The SMILES string of the molecule is Cc1ccc(CC(CCCCl)NN)cc1C. The highest BCUT2D eigenvalue weighted by molar-refractivity contribution is 6.17. The third kappa shape index (κ3) is 4.12. The molecule has 1 aromatic carbocycles. The molecule has 3 heteroatoms. The minimum Gasteiger partial charge on any atom is -0.271 e. The van der Waals surface area contributed by atoms with E-state index < -0.39 is 0 Å². The number of hydrogen-bond donors (Lipinski definition) is 2. The number of benzene rings is 1. The Morgan fingerprint density at radius 2 is 2.06 bits per heavy atom. The van der Waals surface area contributed by atoms with E-state index >= 15 is 0 Å². The van der Waals surface area contributed by atoms with Crippen LogP contribution in [0.5, 0.6) is 0 Å². The molecule has 0 aliphatic carbocycles. The van der Waals surface area contributed by atoms with Crippen molar-refractivity contribution in [3.63, 3.8) is 0 Å². The van der Waals surface area contributed by atoms with Gasteiger partial charge in [0.05, 0.1) is 0 Å². The van der Waals surface area contributed by atoms with Crippen LogP contribution in [0.4, 0.5) is 0 Å². The maximum Gasteiger partial charge on any atom is 0.0251 e. The Morgan fingerprint density at radius 3 is 2.62 bits per heavy atom. The van der Waals surface area contributed by atoms with Gasteiger partial charge in [-0.05, 0) is 49.8 Å². The first kappa shape index (κ1) is 13.5. The predicted molar refractivity (Wildman–Crippen MR) is 70.7 cm³/mol. The van der Waals surface area contributed by atoms with Crippen LogP contribution in [0, 0.1) is 13.8 Å². The van der Waals surface area contributed by atoms with E-state index in [1.54, 1.807) is 0 Å². The van der Waals surface area contributed by atoms with Gasteiger partial charge in [-0.2, -0.15) is 0 Å². The number of nitrogens with two attached hydrogens (primary N) is 1. The third-order valence-corrected chi connectivity index (χ3v) is 3.24. The van der Waals surface area contributed by atoms with Crippen molar-refractivity contribution in [2.24, 2.45) is 5.84 Å². The quantitative estimate of drug-likeness (QED) is 0.456. The number of halogens is 1. The Hall–Kier alpha value is -0.570. The van der Waals surface area contributed by atoms with Gasteiger partial charge in [0, 0.05) is 11.9 Å². The zero-order chi connectivity index (χ0) is 12.0. The molecule has 0 fully saturated rings. The van der Waals surface area contributed by atoms with Crippen LogP contribution in [0.15, 0.2) is 18.2 Å². The van der Waals surface area contributed by atoms with E-state index in [9.17, 15) is 0 Å². The fourth-order valence-electron chi connectivity index (χ4n) is 1.78. The van der Waals surface area contributed by atoms with E-state index in [2.05, 4.69) is 37.5 Å². The van der Waals surface area contributed by atoms with Crippen LogP contribution in [0.3, 0.4) is 0 Å². The molecule has 1 unspecified atom stereocenters. The summed E-state index contributed by atoms with van der Waals surface area (Å²) >= 11 is 5.68. The Balaban J connectivity index is 2.59. The van der Waals surface area contributed by atoms with E-state index in [0.717, 1.165) is 19.3 Å². The fraction of sp³-hybridized carbons (Fsp3) is 0.538. The predicted octanol–water partition coefficient (Wildman–Crippen LogP) is 2.70. The lowest BCUT2D eigenvalue weighted by atomic mass is 9.99. The number of nitrogens with one attached hydrogen (secondary N) is 1. The molecule has 3 N–H and O–H groups in total. The zero-order valence-electron chi connectivity index (χ0n) is 10.1. The highest BCUT2D eigenvalue weighted by Gasteiger charge is 2.07. The number of hydrogen-bond acceptors (Lipinski definition) is 2. The van der Waals surface area contributed by atoms with Crippen LogP contribution in [-0.4, -0.2) is 11.9 Å². The second-order valence-electron chi connectivity index (χ2n) is 4.32. The van der Waals surface area contributed by atoms with Gasteiger partial charge in [-0.1, -0.05) is 18.2 Å². The van der Waals surface area contributed by atoms with E-state index in [4.69, 9.17) is 17.4 Å². The summed E-state index contributed by atoms with van der Waals surface area (Å²) in [5.41, 5.74) is 6.87. The zero-order valence-corrected chi connectivity index (χ0v) is 10.8. The second-order valence-corrected chi connectivity index (χ2v) is 4.70. The third-order valence-electron chi connectivity index (χ3n) is 2.98. The van der Waals surface area contributed by atoms with Crippen molar-refractivity contribution >= 4 is 11.6 Å². The van der Waals surface area contributed by atoms with Crippen molar-refractivity contribution in [2.45, 2.75) is 39.2 Å². The maximum atomic E-state index is 5.68. The monoisotopic (exact) mass is 240 g/mol. The number of rotatable bonds is 6. The first-order valence-electron chi connectivity index (χ1n) is 5.75. The van der Waals surface area contributed by atoms with Crippen LogP contribution in [-0.2, 0) is 6.42 Å². The summed E-state index contributed by atoms with van der Waals surface area (Å²) in [6, 6.07) is 6.90. The Bertz CT molecular complexity index is 326. The standard InChI is InChI=1S/C13H21ClN2/c1-10-5-6-12(8-11(10)2)9-13(16-15)4-3-7-14/h5-6,8,13,16H,3-4,7,9,15H2,1-2H3. The minimum atomic E-state index is 0.320. The second kappa shape index (κ2) is 6.89. The smallest absolute Gasteiger partial charge is 0.0251 e. The lowest BCUT2D eigenvalue weighted by Gasteiger charge is -2.15. The average molecular weight is 241 g/mol. The van der Waals surface area contributed by atoms with Crippen molar-refractivity contribution in [1.29, 1.82) is 0 Å². The van der Waals surface area contributed by atoms with E-state index in [1.165, 1.54) is 16.7 Å². The summed E-state index contributed by atoms with van der Waals surface area (Å²) in [6.07, 6.45) is 2.99. The van der Waals surface area contributed by atoms with Crippen LogP contribution >= 0.6 is 11.6 Å². The summed E-state index contributed by atoms with van der Waals surface area (Å²) in [4.78, 5) is 0. The molecule has 0 amide bonds. The molecule has 0 heterocycles. The molecule has 0 saturated carbocycles. The Labute approximate surface area is 103 Å². The van der Waals surface area contributed by atoms with Crippen LogP contribution in [0.2, 0.25) is 0 Å². The fourth-order valence-corrected chi connectivity index (χ4v) is 1.94. The van der Waals surface area contributed by atoms with Gasteiger partial charge < -0.3 is 0 Å². The van der Waals surface area contributed by atoms with Gasteiger partial charge in [0.1, 0.15) is 0 Å². The molecule has 0 bridgehead atoms. The van der Waals surface area contributed by atoms with Crippen LogP contribution in [0.25, 0.3) is 0 Å². The van der Waals surface area contributed by atoms with Crippen molar-refractivity contribution in [3.05, 3.63) is 34.9 Å². The maximum absolute atomic E-state index is 5.68. The molecule has 16 heavy (non-hydrogen) atoms. The number of hydrazine groups is 1.